The van der Waals surface area contributed by atoms with E-state index < -0.39 is 6.10 Å². The van der Waals surface area contributed by atoms with Gasteiger partial charge in [-0.2, -0.15) is 0 Å². The van der Waals surface area contributed by atoms with Gasteiger partial charge in [0, 0.05) is 39.0 Å². The van der Waals surface area contributed by atoms with Crippen LogP contribution in [0.5, 0.6) is 0 Å². The number of hydrogen-bond acceptors (Lipinski definition) is 6. The Balaban J connectivity index is 1.74. The molecular formula is C14H24N4O2. The molecule has 2 heterocycles. The third kappa shape index (κ3) is 4.70. The van der Waals surface area contributed by atoms with Crippen molar-refractivity contribution in [3.63, 3.8) is 0 Å². The summed E-state index contributed by atoms with van der Waals surface area (Å²) in [4.78, 5) is 10.7. The van der Waals surface area contributed by atoms with Gasteiger partial charge in [0.15, 0.2) is 0 Å². The average molecular weight is 280 g/mol. The molecule has 112 valence electrons. The van der Waals surface area contributed by atoms with Crippen molar-refractivity contribution in [3.8, 4) is 0 Å². The molecule has 2 rings (SSSR count). The van der Waals surface area contributed by atoms with Gasteiger partial charge < -0.3 is 20.1 Å². The van der Waals surface area contributed by atoms with Crippen LogP contribution in [0, 0.1) is 6.92 Å². The van der Waals surface area contributed by atoms with Gasteiger partial charge in [-0.1, -0.05) is 0 Å². The second-order valence-corrected chi connectivity index (χ2v) is 5.32. The Bertz CT molecular complexity index is 408. The highest BCUT2D eigenvalue weighted by molar-refractivity contribution is 5.34. The van der Waals surface area contributed by atoms with Crippen molar-refractivity contribution in [2.75, 3.05) is 38.7 Å². The highest BCUT2D eigenvalue weighted by atomic mass is 16.5. The standard InChI is InChI=1S/C14H24N4O2/c1-11-15-6-3-14(16-11)17-12-4-7-18(8-5-12)9-13(19)10-20-2/h3,6,12-13,19H,4-5,7-10H2,1-2H3,(H,15,16,17). The van der Waals surface area contributed by atoms with Crippen LogP contribution in [0.15, 0.2) is 12.3 Å². The molecule has 0 amide bonds. The molecule has 0 aromatic carbocycles. The molecule has 6 heteroatoms. The third-order valence-electron chi connectivity index (χ3n) is 3.54. The van der Waals surface area contributed by atoms with Crippen LogP contribution in [-0.2, 0) is 4.74 Å². The number of ether oxygens (including phenoxy) is 1. The predicted molar refractivity (Wildman–Crippen MR) is 77.7 cm³/mol. The van der Waals surface area contributed by atoms with E-state index in [1.807, 2.05) is 13.0 Å². The number of aliphatic hydroxyl groups excluding tert-OH is 1. The summed E-state index contributed by atoms with van der Waals surface area (Å²) >= 11 is 0. The van der Waals surface area contributed by atoms with Crippen LogP contribution in [0.1, 0.15) is 18.7 Å². The van der Waals surface area contributed by atoms with E-state index in [2.05, 4.69) is 20.2 Å². The van der Waals surface area contributed by atoms with Crippen molar-refractivity contribution in [2.45, 2.75) is 31.9 Å². The van der Waals surface area contributed by atoms with Crippen molar-refractivity contribution in [3.05, 3.63) is 18.1 Å². The molecular weight excluding hydrogens is 256 g/mol. The van der Waals surface area contributed by atoms with Gasteiger partial charge in [0.2, 0.25) is 0 Å². The molecule has 1 fully saturated rings. The van der Waals surface area contributed by atoms with Crippen molar-refractivity contribution in [2.24, 2.45) is 0 Å². The number of aliphatic hydroxyl groups is 1. The summed E-state index contributed by atoms with van der Waals surface area (Å²) in [5.74, 6) is 1.69. The van der Waals surface area contributed by atoms with Crippen LogP contribution in [0.3, 0.4) is 0 Å². The molecule has 0 spiro atoms. The van der Waals surface area contributed by atoms with Crippen LogP contribution < -0.4 is 5.32 Å². The Morgan fingerprint density at radius 2 is 2.25 bits per heavy atom. The number of likely N-dealkylation sites (tertiary alicyclic amines) is 1. The first kappa shape index (κ1) is 15.2. The summed E-state index contributed by atoms with van der Waals surface area (Å²) in [6.45, 7) is 4.96. The van der Waals surface area contributed by atoms with E-state index in [4.69, 9.17) is 4.74 Å². The third-order valence-corrected chi connectivity index (χ3v) is 3.54. The zero-order chi connectivity index (χ0) is 14.4. The summed E-state index contributed by atoms with van der Waals surface area (Å²) in [5.41, 5.74) is 0. The first-order valence-electron chi connectivity index (χ1n) is 7.13. The van der Waals surface area contributed by atoms with Crippen molar-refractivity contribution in [1.29, 1.82) is 0 Å². The molecule has 1 aromatic rings. The lowest BCUT2D eigenvalue weighted by Gasteiger charge is -2.33. The second kappa shape index (κ2) is 7.52. The minimum absolute atomic E-state index is 0.394. The SMILES string of the molecule is COCC(O)CN1CCC(Nc2ccnc(C)n2)CC1. The Morgan fingerprint density at radius 3 is 2.90 bits per heavy atom. The molecule has 20 heavy (non-hydrogen) atoms. The molecule has 1 atom stereocenters. The molecule has 1 saturated heterocycles. The number of nitrogens with zero attached hydrogens (tertiary/aromatic N) is 3. The Kier molecular flexibility index (Phi) is 5.70. The van der Waals surface area contributed by atoms with E-state index in [9.17, 15) is 5.11 Å². The lowest BCUT2D eigenvalue weighted by molar-refractivity contribution is 0.0327. The minimum atomic E-state index is -0.394. The molecule has 6 nitrogen and oxygen atoms in total. The topological polar surface area (TPSA) is 70.5 Å². The van der Waals surface area contributed by atoms with E-state index >= 15 is 0 Å². The number of methoxy groups -OCH3 is 1. The summed E-state index contributed by atoms with van der Waals surface area (Å²) in [6, 6.07) is 2.35. The molecule has 0 bridgehead atoms. The number of anilines is 1. The fraction of sp³-hybridized carbons (Fsp3) is 0.714. The van der Waals surface area contributed by atoms with Crippen molar-refractivity contribution >= 4 is 5.82 Å². The zero-order valence-electron chi connectivity index (χ0n) is 12.2. The Labute approximate surface area is 120 Å². The minimum Gasteiger partial charge on any atom is -0.389 e. The van der Waals surface area contributed by atoms with E-state index in [1.54, 1.807) is 13.3 Å². The quantitative estimate of drug-likeness (QED) is 0.798. The maximum atomic E-state index is 9.73. The number of β-amino-alcohol motifs (C(OH)–C–C–N with tert-alkyl or cyclic N) is 1. The molecule has 2 N–H and O–H groups in total. The highest BCUT2D eigenvalue weighted by Crippen LogP contribution is 2.15. The van der Waals surface area contributed by atoms with Crippen LogP contribution >= 0.6 is 0 Å². The van der Waals surface area contributed by atoms with Gasteiger partial charge in [0.05, 0.1) is 12.7 Å². The summed E-state index contributed by atoms with van der Waals surface area (Å²) in [7, 11) is 1.61. The normalized spacial score (nSPS) is 18.9. The Hall–Kier alpha value is -1.24. The molecule has 1 aromatic heterocycles. The molecule has 1 aliphatic heterocycles. The average Bonchev–Trinajstić information content (AvgIpc) is 2.41. The number of rotatable bonds is 6. The van der Waals surface area contributed by atoms with Gasteiger partial charge in [-0.15, -0.1) is 0 Å². The van der Waals surface area contributed by atoms with Gasteiger partial charge >= 0.3 is 0 Å². The van der Waals surface area contributed by atoms with Crippen LogP contribution in [0.4, 0.5) is 5.82 Å². The van der Waals surface area contributed by atoms with Gasteiger partial charge in [0.1, 0.15) is 11.6 Å². The van der Waals surface area contributed by atoms with Gasteiger partial charge in [-0.3, -0.25) is 0 Å². The first-order chi connectivity index (χ1) is 9.67. The van der Waals surface area contributed by atoms with E-state index in [0.29, 0.717) is 19.2 Å². The lowest BCUT2D eigenvalue weighted by atomic mass is 10.0. The zero-order valence-corrected chi connectivity index (χ0v) is 12.2. The maximum absolute atomic E-state index is 9.73. The largest absolute Gasteiger partial charge is 0.389 e. The number of hydrogen-bond donors (Lipinski definition) is 2. The van der Waals surface area contributed by atoms with E-state index in [1.165, 1.54) is 0 Å². The van der Waals surface area contributed by atoms with Crippen LogP contribution in [0.2, 0.25) is 0 Å². The van der Waals surface area contributed by atoms with Crippen LogP contribution in [-0.4, -0.2) is 65.5 Å². The monoisotopic (exact) mass is 280 g/mol. The lowest BCUT2D eigenvalue weighted by Crippen LogP contribution is -2.43. The first-order valence-corrected chi connectivity index (χ1v) is 7.13. The van der Waals surface area contributed by atoms with E-state index in [0.717, 1.165) is 37.6 Å². The molecule has 0 radical (unpaired) electrons. The fourth-order valence-electron chi connectivity index (χ4n) is 2.55. The smallest absolute Gasteiger partial charge is 0.129 e. The van der Waals surface area contributed by atoms with Crippen molar-refractivity contribution < 1.29 is 9.84 Å². The summed E-state index contributed by atoms with van der Waals surface area (Å²) < 4.78 is 4.95. The van der Waals surface area contributed by atoms with Gasteiger partial charge in [-0.05, 0) is 25.8 Å². The summed E-state index contributed by atoms with van der Waals surface area (Å²) in [6.07, 6.45) is 3.50. The molecule has 0 saturated carbocycles. The maximum Gasteiger partial charge on any atom is 0.129 e. The number of aryl methyl sites for hydroxylation is 1. The van der Waals surface area contributed by atoms with Gasteiger partial charge in [-0.25, -0.2) is 9.97 Å². The Morgan fingerprint density at radius 1 is 1.50 bits per heavy atom. The van der Waals surface area contributed by atoms with Crippen LogP contribution in [0.25, 0.3) is 0 Å². The highest BCUT2D eigenvalue weighted by Gasteiger charge is 2.21. The number of nitrogens with one attached hydrogen (secondary N) is 1. The molecule has 0 aliphatic carbocycles. The van der Waals surface area contributed by atoms with Crippen molar-refractivity contribution in [1.82, 2.24) is 14.9 Å². The molecule has 1 unspecified atom stereocenters. The summed E-state index contributed by atoms with van der Waals surface area (Å²) in [5, 5.41) is 13.2. The number of aromatic nitrogens is 2. The second-order valence-electron chi connectivity index (χ2n) is 5.32. The number of piperidine rings is 1. The van der Waals surface area contributed by atoms with E-state index in [-0.39, 0.29) is 0 Å². The fourth-order valence-corrected chi connectivity index (χ4v) is 2.55. The van der Waals surface area contributed by atoms with Gasteiger partial charge in [0.25, 0.3) is 0 Å². The molecule has 1 aliphatic rings. The predicted octanol–water partition coefficient (Wildman–Crippen LogP) is 0.669.